The summed E-state index contributed by atoms with van der Waals surface area (Å²) in [6.45, 7) is 14.8. The van der Waals surface area contributed by atoms with Crippen molar-refractivity contribution < 1.29 is 14.3 Å². The van der Waals surface area contributed by atoms with Crippen molar-refractivity contribution >= 4 is 12.0 Å². The van der Waals surface area contributed by atoms with E-state index < -0.39 is 11.7 Å². The van der Waals surface area contributed by atoms with E-state index in [4.69, 9.17) is 4.74 Å². The molecule has 0 aromatic heterocycles. The summed E-state index contributed by atoms with van der Waals surface area (Å²) in [7, 11) is 0. The van der Waals surface area contributed by atoms with Crippen LogP contribution in [-0.4, -0.2) is 42.1 Å². The molecular weight excluding hydrogens is 256 g/mol. The van der Waals surface area contributed by atoms with Gasteiger partial charge >= 0.3 is 6.09 Å². The second-order valence-corrected chi connectivity index (χ2v) is 5.90. The predicted molar refractivity (Wildman–Crippen MR) is 80.5 cm³/mol. The van der Waals surface area contributed by atoms with Crippen molar-refractivity contribution in [2.45, 2.75) is 53.1 Å². The Hall–Kier alpha value is -1.52. The highest BCUT2D eigenvalue weighted by Gasteiger charge is 2.16. The molecule has 0 aliphatic heterocycles. The second kappa shape index (κ2) is 8.61. The second-order valence-electron chi connectivity index (χ2n) is 5.90. The number of amides is 2. The molecule has 0 fully saturated rings. The number of hydrogen-bond donors (Lipinski definition) is 1. The predicted octanol–water partition coefficient (Wildman–Crippen LogP) is 2.72. The lowest BCUT2D eigenvalue weighted by Gasteiger charge is -2.21. The number of carbonyl (C=O) groups is 2. The maximum Gasteiger partial charge on any atom is 0.407 e. The first-order valence-corrected chi connectivity index (χ1v) is 7.04. The molecule has 0 atom stereocenters. The van der Waals surface area contributed by atoms with Gasteiger partial charge in [-0.25, -0.2) is 4.79 Å². The lowest BCUT2D eigenvalue weighted by atomic mass is 10.2. The van der Waals surface area contributed by atoms with Crippen molar-refractivity contribution in [2.24, 2.45) is 0 Å². The molecule has 116 valence electrons. The van der Waals surface area contributed by atoms with E-state index in [-0.39, 0.29) is 5.91 Å². The van der Waals surface area contributed by atoms with E-state index in [0.29, 0.717) is 32.5 Å². The Balaban J connectivity index is 3.91. The lowest BCUT2D eigenvalue weighted by Crippen LogP contribution is -2.34. The monoisotopic (exact) mass is 284 g/mol. The van der Waals surface area contributed by atoms with E-state index in [1.54, 1.807) is 4.90 Å². The van der Waals surface area contributed by atoms with Crippen molar-refractivity contribution in [3.63, 3.8) is 0 Å². The SMILES string of the molecule is C=C(C)CN(CC)C(=O)CCCNC(=O)OC(C)(C)C. The molecule has 0 radical (unpaired) electrons. The Labute approximate surface area is 122 Å². The smallest absolute Gasteiger partial charge is 0.407 e. The maximum atomic E-state index is 11.9. The fraction of sp³-hybridized carbons (Fsp3) is 0.733. The Kier molecular flexibility index (Phi) is 7.96. The van der Waals surface area contributed by atoms with E-state index in [9.17, 15) is 9.59 Å². The number of ether oxygens (including phenoxy) is 1. The van der Waals surface area contributed by atoms with Gasteiger partial charge in [-0.05, 0) is 41.0 Å². The van der Waals surface area contributed by atoms with Gasteiger partial charge in [-0.15, -0.1) is 0 Å². The van der Waals surface area contributed by atoms with Crippen LogP contribution < -0.4 is 5.32 Å². The van der Waals surface area contributed by atoms with Crippen LogP contribution >= 0.6 is 0 Å². The molecule has 5 heteroatoms. The minimum atomic E-state index is -0.500. The zero-order chi connectivity index (χ0) is 15.8. The molecule has 0 aliphatic carbocycles. The normalized spacial score (nSPS) is 10.8. The minimum absolute atomic E-state index is 0.0847. The van der Waals surface area contributed by atoms with E-state index >= 15 is 0 Å². The Bertz CT molecular complexity index is 346. The zero-order valence-corrected chi connectivity index (χ0v) is 13.4. The zero-order valence-electron chi connectivity index (χ0n) is 13.4. The van der Waals surface area contributed by atoms with Crippen LogP contribution in [0.1, 0.15) is 47.5 Å². The first-order valence-electron chi connectivity index (χ1n) is 7.04. The highest BCUT2D eigenvalue weighted by molar-refractivity contribution is 5.76. The molecule has 0 aliphatic rings. The first-order chi connectivity index (χ1) is 9.15. The largest absolute Gasteiger partial charge is 0.444 e. The Morgan fingerprint density at radius 1 is 1.30 bits per heavy atom. The van der Waals surface area contributed by atoms with Crippen LogP contribution in [-0.2, 0) is 9.53 Å². The Morgan fingerprint density at radius 2 is 1.90 bits per heavy atom. The molecule has 20 heavy (non-hydrogen) atoms. The third-order valence-electron chi connectivity index (χ3n) is 2.43. The van der Waals surface area contributed by atoms with Gasteiger partial charge in [0.05, 0.1) is 0 Å². The first kappa shape index (κ1) is 18.5. The van der Waals surface area contributed by atoms with Gasteiger partial charge in [-0.2, -0.15) is 0 Å². The van der Waals surface area contributed by atoms with Gasteiger partial charge in [0.1, 0.15) is 5.60 Å². The third kappa shape index (κ3) is 9.42. The van der Waals surface area contributed by atoms with E-state index in [2.05, 4.69) is 11.9 Å². The van der Waals surface area contributed by atoms with Crippen molar-refractivity contribution in [3.05, 3.63) is 12.2 Å². The fourth-order valence-electron chi connectivity index (χ4n) is 1.60. The highest BCUT2D eigenvalue weighted by atomic mass is 16.6. The van der Waals surface area contributed by atoms with Crippen LogP contribution in [0.2, 0.25) is 0 Å². The topological polar surface area (TPSA) is 58.6 Å². The molecule has 0 saturated carbocycles. The van der Waals surface area contributed by atoms with E-state index in [1.807, 2.05) is 34.6 Å². The van der Waals surface area contributed by atoms with Gasteiger partial charge in [0.2, 0.25) is 5.91 Å². The van der Waals surface area contributed by atoms with Crippen LogP contribution in [0, 0.1) is 0 Å². The quantitative estimate of drug-likeness (QED) is 0.577. The molecule has 0 rings (SSSR count). The summed E-state index contributed by atoms with van der Waals surface area (Å²) in [5, 5.41) is 2.64. The van der Waals surface area contributed by atoms with E-state index in [1.165, 1.54) is 0 Å². The summed E-state index contributed by atoms with van der Waals surface area (Å²) in [5.74, 6) is 0.0847. The van der Waals surface area contributed by atoms with Crippen molar-refractivity contribution in [2.75, 3.05) is 19.6 Å². The summed E-state index contributed by atoms with van der Waals surface area (Å²) in [4.78, 5) is 25.1. The third-order valence-corrected chi connectivity index (χ3v) is 2.43. The van der Waals surface area contributed by atoms with Crippen molar-refractivity contribution in [3.8, 4) is 0 Å². The van der Waals surface area contributed by atoms with Gasteiger partial charge in [-0.3, -0.25) is 4.79 Å². The lowest BCUT2D eigenvalue weighted by molar-refractivity contribution is -0.130. The van der Waals surface area contributed by atoms with Gasteiger partial charge in [0, 0.05) is 26.1 Å². The summed E-state index contributed by atoms with van der Waals surface area (Å²) in [5.41, 5.74) is 0.465. The number of rotatable bonds is 7. The number of likely N-dealkylation sites (N-methyl/N-ethyl adjacent to an activating group) is 1. The number of nitrogens with zero attached hydrogens (tertiary/aromatic N) is 1. The molecule has 0 aromatic rings. The number of carbonyl (C=O) groups excluding carboxylic acids is 2. The van der Waals surface area contributed by atoms with Crippen LogP contribution in [0.25, 0.3) is 0 Å². The van der Waals surface area contributed by atoms with Crippen LogP contribution in [0.4, 0.5) is 4.79 Å². The van der Waals surface area contributed by atoms with Gasteiger partial charge in [-0.1, -0.05) is 12.2 Å². The molecule has 0 saturated heterocycles. The molecule has 0 spiro atoms. The molecule has 2 amide bonds. The molecule has 0 aromatic carbocycles. The summed E-state index contributed by atoms with van der Waals surface area (Å²) in [6.07, 6.45) is 0.570. The molecular formula is C15H28N2O3. The van der Waals surface area contributed by atoms with Crippen LogP contribution in [0.3, 0.4) is 0 Å². The number of alkyl carbamates (subject to hydrolysis) is 1. The molecule has 0 bridgehead atoms. The fourth-order valence-corrected chi connectivity index (χ4v) is 1.60. The molecule has 1 N–H and O–H groups in total. The number of hydrogen-bond acceptors (Lipinski definition) is 3. The highest BCUT2D eigenvalue weighted by Crippen LogP contribution is 2.06. The molecule has 0 unspecified atom stereocenters. The average molecular weight is 284 g/mol. The summed E-state index contributed by atoms with van der Waals surface area (Å²) < 4.78 is 5.11. The van der Waals surface area contributed by atoms with E-state index in [0.717, 1.165) is 5.57 Å². The molecule has 5 nitrogen and oxygen atoms in total. The number of nitrogens with one attached hydrogen (secondary N) is 1. The minimum Gasteiger partial charge on any atom is -0.444 e. The summed E-state index contributed by atoms with van der Waals surface area (Å²) >= 11 is 0. The van der Waals surface area contributed by atoms with Crippen LogP contribution in [0.5, 0.6) is 0 Å². The molecule has 0 heterocycles. The van der Waals surface area contributed by atoms with Crippen molar-refractivity contribution in [1.82, 2.24) is 10.2 Å². The van der Waals surface area contributed by atoms with Gasteiger partial charge in [0.15, 0.2) is 0 Å². The average Bonchev–Trinajstić information content (AvgIpc) is 2.28. The van der Waals surface area contributed by atoms with Crippen LogP contribution in [0.15, 0.2) is 12.2 Å². The Morgan fingerprint density at radius 3 is 2.35 bits per heavy atom. The standard InChI is InChI=1S/C15H28N2O3/c1-7-17(11-12(2)3)13(18)9-8-10-16-14(19)20-15(4,5)6/h2,7-11H2,1,3-6H3,(H,16,19). The van der Waals surface area contributed by atoms with Crippen molar-refractivity contribution in [1.29, 1.82) is 0 Å². The summed E-state index contributed by atoms with van der Waals surface area (Å²) in [6, 6.07) is 0. The van der Waals surface area contributed by atoms with Gasteiger partial charge < -0.3 is 15.0 Å². The van der Waals surface area contributed by atoms with Gasteiger partial charge in [0.25, 0.3) is 0 Å². The maximum absolute atomic E-state index is 11.9.